The van der Waals surface area contributed by atoms with E-state index in [0.717, 1.165) is 23.3 Å². The molecule has 6 heteroatoms. The first-order valence-corrected chi connectivity index (χ1v) is 10.6. The number of nitrogens with zero attached hydrogens (tertiary/aromatic N) is 2. The van der Waals surface area contributed by atoms with E-state index in [9.17, 15) is 9.59 Å². The van der Waals surface area contributed by atoms with Crippen molar-refractivity contribution in [2.75, 3.05) is 27.3 Å². The van der Waals surface area contributed by atoms with Gasteiger partial charge in [-0.25, -0.2) is 0 Å². The standard InChI is InChI=1S/C25H28N2O4/c1-30-21-10-8-19(9-11-21)17-27-23(24(31-2)25(27)29)20-12-14-26(15-13-20)22(28)16-18-6-4-3-5-7-18/h3-12,23-24H,13-17H2,1-2H3/t23-,24+/m0/s1. The zero-order valence-electron chi connectivity index (χ0n) is 18.0. The molecule has 0 radical (unpaired) electrons. The Morgan fingerprint density at radius 3 is 2.39 bits per heavy atom. The molecule has 2 heterocycles. The van der Waals surface area contributed by atoms with Crippen LogP contribution in [0.15, 0.2) is 66.2 Å². The molecule has 6 nitrogen and oxygen atoms in total. The molecule has 0 aromatic heterocycles. The van der Waals surface area contributed by atoms with Crippen LogP contribution >= 0.6 is 0 Å². The van der Waals surface area contributed by atoms with E-state index in [0.29, 0.717) is 26.1 Å². The van der Waals surface area contributed by atoms with E-state index in [1.54, 1.807) is 14.2 Å². The minimum atomic E-state index is -0.448. The molecule has 2 aromatic rings. The maximum absolute atomic E-state index is 12.7. The maximum atomic E-state index is 12.7. The summed E-state index contributed by atoms with van der Waals surface area (Å²) < 4.78 is 10.7. The van der Waals surface area contributed by atoms with Crippen molar-refractivity contribution >= 4 is 11.8 Å². The number of ether oxygens (including phenoxy) is 2. The molecule has 2 amide bonds. The summed E-state index contributed by atoms with van der Waals surface area (Å²) in [6.45, 7) is 1.76. The zero-order valence-corrected chi connectivity index (χ0v) is 18.0. The summed E-state index contributed by atoms with van der Waals surface area (Å²) in [5.41, 5.74) is 3.24. The normalized spacial score (nSPS) is 20.8. The molecule has 4 rings (SSSR count). The second-order valence-corrected chi connectivity index (χ2v) is 7.95. The van der Waals surface area contributed by atoms with Crippen LogP contribution in [0, 0.1) is 0 Å². The summed E-state index contributed by atoms with van der Waals surface area (Å²) in [4.78, 5) is 29.0. The Morgan fingerprint density at radius 2 is 1.77 bits per heavy atom. The Morgan fingerprint density at radius 1 is 1.03 bits per heavy atom. The Kier molecular flexibility index (Phi) is 6.37. The number of rotatable bonds is 7. The highest BCUT2D eigenvalue weighted by atomic mass is 16.5. The van der Waals surface area contributed by atoms with Gasteiger partial charge in [-0.15, -0.1) is 0 Å². The van der Waals surface area contributed by atoms with Gasteiger partial charge in [-0.3, -0.25) is 9.59 Å². The number of carbonyl (C=O) groups excluding carboxylic acids is 2. The topological polar surface area (TPSA) is 59.1 Å². The fraction of sp³-hybridized carbons (Fsp3) is 0.360. The second-order valence-electron chi connectivity index (χ2n) is 7.95. The van der Waals surface area contributed by atoms with E-state index in [2.05, 4.69) is 6.08 Å². The Balaban J connectivity index is 1.41. The molecular formula is C25H28N2O4. The van der Waals surface area contributed by atoms with Gasteiger partial charge in [0.25, 0.3) is 5.91 Å². The highest BCUT2D eigenvalue weighted by molar-refractivity contribution is 5.90. The summed E-state index contributed by atoms with van der Waals surface area (Å²) in [5.74, 6) is 0.927. The highest BCUT2D eigenvalue weighted by Crippen LogP contribution is 2.33. The smallest absolute Gasteiger partial charge is 0.255 e. The lowest BCUT2D eigenvalue weighted by atomic mass is 9.86. The first kappa shape index (κ1) is 21.1. The van der Waals surface area contributed by atoms with E-state index in [1.165, 1.54) is 5.57 Å². The molecular weight excluding hydrogens is 392 g/mol. The predicted molar refractivity (Wildman–Crippen MR) is 118 cm³/mol. The van der Waals surface area contributed by atoms with Crippen molar-refractivity contribution in [3.05, 3.63) is 77.4 Å². The fourth-order valence-electron chi connectivity index (χ4n) is 4.31. The van der Waals surface area contributed by atoms with Crippen LogP contribution in [0.25, 0.3) is 0 Å². The molecule has 2 aliphatic rings. The average Bonchev–Trinajstić information content (AvgIpc) is 2.82. The van der Waals surface area contributed by atoms with E-state index < -0.39 is 6.10 Å². The Bertz CT molecular complexity index is 955. The van der Waals surface area contributed by atoms with Crippen LogP contribution in [0.5, 0.6) is 5.75 Å². The van der Waals surface area contributed by atoms with E-state index in [1.807, 2.05) is 64.4 Å². The summed E-state index contributed by atoms with van der Waals surface area (Å²) in [6.07, 6.45) is 2.81. The van der Waals surface area contributed by atoms with Crippen LogP contribution < -0.4 is 4.74 Å². The van der Waals surface area contributed by atoms with Gasteiger partial charge in [-0.2, -0.15) is 0 Å². The maximum Gasteiger partial charge on any atom is 0.255 e. The van der Waals surface area contributed by atoms with Crippen molar-refractivity contribution in [1.29, 1.82) is 0 Å². The minimum absolute atomic E-state index is 0.00630. The van der Waals surface area contributed by atoms with Crippen molar-refractivity contribution in [1.82, 2.24) is 9.80 Å². The molecule has 0 N–H and O–H groups in total. The van der Waals surface area contributed by atoms with Gasteiger partial charge in [-0.1, -0.05) is 48.5 Å². The van der Waals surface area contributed by atoms with E-state index in [4.69, 9.17) is 9.47 Å². The van der Waals surface area contributed by atoms with Crippen molar-refractivity contribution in [3.8, 4) is 5.75 Å². The Labute approximate surface area is 183 Å². The number of β-lactam (4-membered cyclic amide) rings is 1. The first-order valence-electron chi connectivity index (χ1n) is 10.6. The molecule has 2 aromatic carbocycles. The summed E-state index contributed by atoms with van der Waals surface area (Å²) >= 11 is 0. The summed E-state index contributed by atoms with van der Waals surface area (Å²) in [5, 5.41) is 0. The number of hydrogen-bond acceptors (Lipinski definition) is 4. The van der Waals surface area contributed by atoms with Crippen LogP contribution in [0.3, 0.4) is 0 Å². The molecule has 1 fully saturated rings. The number of likely N-dealkylation sites (tertiary alicyclic amines) is 1. The lowest BCUT2D eigenvalue weighted by molar-refractivity contribution is -0.168. The monoisotopic (exact) mass is 420 g/mol. The minimum Gasteiger partial charge on any atom is -0.497 e. The second kappa shape index (κ2) is 9.35. The van der Waals surface area contributed by atoms with Crippen LogP contribution in [-0.2, 0) is 27.3 Å². The lowest BCUT2D eigenvalue weighted by Gasteiger charge is -2.48. The highest BCUT2D eigenvalue weighted by Gasteiger charge is 2.49. The number of methoxy groups -OCH3 is 2. The molecule has 0 spiro atoms. The first-order chi connectivity index (χ1) is 15.1. The molecule has 0 saturated carbocycles. The van der Waals surface area contributed by atoms with Gasteiger partial charge in [0.15, 0.2) is 6.10 Å². The number of hydrogen-bond donors (Lipinski definition) is 0. The zero-order chi connectivity index (χ0) is 21.8. The van der Waals surface area contributed by atoms with Gasteiger partial charge >= 0.3 is 0 Å². The third-order valence-electron chi connectivity index (χ3n) is 6.09. The average molecular weight is 421 g/mol. The van der Waals surface area contributed by atoms with Crippen LogP contribution in [-0.4, -0.2) is 61.1 Å². The van der Waals surface area contributed by atoms with Gasteiger partial charge in [-0.05, 0) is 35.3 Å². The van der Waals surface area contributed by atoms with Crippen LogP contribution in [0.4, 0.5) is 0 Å². The van der Waals surface area contributed by atoms with Gasteiger partial charge in [0.05, 0.1) is 19.6 Å². The summed E-state index contributed by atoms with van der Waals surface area (Å²) in [7, 11) is 3.22. The summed E-state index contributed by atoms with van der Waals surface area (Å²) in [6, 6.07) is 17.5. The predicted octanol–water partition coefficient (Wildman–Crippen LogP) is 2.82. The van der Waals surface area contributed by atoms with Crippen molar-refractivity contribution in [2.45, 2.75) is 31.5 Å². The molecule has 0 unspecified atom stereocenters. The van der Waals surface area contributed by atoms with Gasteiger partial charge in [0, 0.05) is 26.7 Å². The molecule has 2 aliphatic heterocycles. The van der Waals surface area contributed by atoms with E-state index in [-0.39, 0.29) is 17.9 Å². The molecule has 1 saturated heterocycles. The molecule has 0 aliphatic carbocycles. The number of carbonyl (C=O) groups is 2. The largest absolute Gasteiger partial charge is 0.497 e. The number of amides is 2. The fourth-order valence-corrected chi connectivity index (χ4v) is 4.31. The third-order valence-corrected chi connectivity index (χ3v) is 6.09. The molecule has 31 heavy (non-hydrogen) atoms. The van der Waals surface area contributed by atoms with Crippen molar-refractivity contribution < 1.29 is 19.1 Å². The third kappa shape index (κ3) is 4.49. The van der Waals surface area contributed by atoms with Crippen molar-refractivity contribution in [2.24, 2.45) is 0 Å². The van der Waals surface area contributed by atoms with Gasteiger partial charge in [0.1, 0.15) is 5.75 Å². The molecule has 0 bridgehead atoms. The molecule has 2 atom stereocenters. The van der Waals surface area contributed by atoms with Crippen molar-refractivity contribution in [3.63, 3.8) is 0 Å². The lowest BCUT2D eigenvalue weighted by Crippen LogP contribution is -2.66. The molecule has 162 valence electrons. The Hall–Kier alpha value is -3.12. The van der Waals surface area contributed by atoms with Gasteiger partial charge in [0.2, 0.25) is 5.91 Å². The quantitative estimate of drug-likeness (QED) is 0.511. The number of benzene rings is 2. The SMILES string of the molecule is COc1ccc(CN2C(=O)[C@H](OC)[C@@H]2C2=CCN(C(=O)Cc3ccccc3)CC2)cc1. The van der Waals surface area contributed by atoms with E-state index >= 15 is 0 Å². The van der Waals surface area contributed by atoms with Crippen LogP contribution in [0.1, 0.15) is 17.5 Å². The van der Waals surface area contributed by atoms with Crippen LogP contribution in [0.2, 0.25) is 0 Å². The van der Waals surface area contributed by atoms with Gasteiger partial charge < -0.3 is 19.3 Å².